The molecule has 0 heterocycles. The first kappa shape index (κ1) is 19.0. The number of aryl methyl sites for hydroxylation is 2. The zero-order chi connectivity index (χ0) is 19.3. The summed E-state index contributed by atoms with van der Waals surface area (Å²) in [5, 5.41) is 16.2. The average Bonchev–Trinajstić information content (AvgIpc) is 2.60. The molecule has 0 atom stereocenters. The highest BCUT2D eigenvalue weighted by Crippen LogP contribution is 2.22. The first-order valence-corrected chi connectivity index (χ1v) is 7.88. The Bertz CT molecular complexity index is 868. The normalized spacial score (nSPS) is 10.3. The number of hydrogen-bond donors (Lipinski definition) is 2. The van der Waals surface area contributed by atoms with Crippen LogP contribution in [0.4, 0.5) is 10.1 Å². The van der Waals surface area contributed by atoms with E-state index < -0.39 is 22.6 Å². The third kappa shape index (κ3) is 4.41. The molecule has 0 aliphatic heterocycles. The molecular weight excluding hydrogens is 341 g/mol. The third-order valence-corrected chi connectivity index (χ3v) is 3.80. The van der Waals surface area contributed by atoms with Gasteiger partial charge < -0.3 is 10.6 Å². The van der Waals surface area contributed by atoms with Gasteiger partial charge in [0, 0.05) is 24.2 Å². The molecule has 0 bridgehead atoms. The monoisotopic (exact) mass is 359 g/mol. The van der Waals surface area contributed by atoms with Gasteiger partial charge >= 0.3 is 0 Å². The number of halogens is 1. The average molecular weight is 359 g/mol. The lowest BCUT2D eigenvalue weighted by molar-refractivity contribution is -0.385. The highest BCUT2D eigenvalue weighted by molar-refractivity contribution is 5.98. The predicted molar refractivity (Wildman–Crippen MR) is 93.6 cm³/mol. The summed E-state index contributed by atoms with van der Waals surface area (Å²) < 4.78 is 13.5. The second-order valence-corrected chi connectivity index (χ2v) is 5.70. The van der Waals surface area contributed by atoms with E-state index in [4.69, 9.17) is 0 Å². The summed E-state index contributed by atoms with van der Waals surface area (Å²) in [4.78, 5) is 34.6. The van der Waals surface area contributed by atoms with E-state index in [0.717, 1.165) is 6.07 Å². The predicted octanol–water partition coefficient (Wildman–Crippen LogP) is 2.51. The molecule has 26 heavy (non-hydrogen) atoms. The fourth-order valence-corrected chi connectivity index (χ4v) is 2.37. The molecule has 0 fully saturated rings. The highest BCUT2D eigenvalue weighted by Gasteiger charge is 2.21. The van der Waals surface area contributed by atoms with Gasteiger partial charge in [0.1, 0.15) is 11.4 Å². The summed E-state index contributed by atoms with van der Waals surface area (Å²) in [5.74, 6) is -1.55. The number of nitrogens with zero attached hydrogens (tertiary/aromatic N) is 1. The maximum atomic E-state index is 13.5. The lowest BCUT2D eigenvalue weighted by Gasteiger charge is -2.09. The summed E-state index contributed by atoms with van der Waals surface area (Å²) in [5.41, 5.74) is 0.714. The van der Waals surface area contributed by atoms with Gasteiger partial charge in [-0.25, -0.2) is 4.39 Å². The Morgan fingerprint density at radius 1 is 1.04 bits per heavy atom. The van der Waals surface area contributed by atoms with Crippen molar-refractivity contribution in [1.82, 2.24) is 10.6 Å². The Labute approximate surface area is 149 Å². The van der Waals surface area contributed by atoms with Crippen LogP contribution in [0.15, 0.2) is 36.4 Å². The number of benzene rings is 2. The summed E-state index contributed by atoms with van der Waals surface area (Å²) in [6.45, 7) is 3.32. The van der Waals surface area contributed by atoms with Gasteiger partial charge in [-0.3, -0.25) is 19.7 Å². The van der Waals surface area contributed by atoms with Crippen LogP contribution >= 0.6 is 0 Å². The van der Waals surface area contributed by atoms with Crippen molar-refractivity contribution >= 4 is 17.5 Å². The number of carbonyl (C=O) groups is 2. The molecular formula is C18H18FN3O4. The molecule has 136 valence electrons. The molecule has 2 rings (SSSR count). The van der Waals surface area contributed by atoms with Crippen LogP contribution < -0.4 is 10.6 Å². The number of nitro benzene ring substituents is 1. The van der Waals surface area contributed by atoms with Crippen molar-refractivity contribution in [2.45, 2.75) is 13.8 Å². The second-order valence-electron chi connectivity index (χ2n) is 5.70. The number of nitrogens with one attached hydrogen (secondary N) is 2. The number of carbonyl (C=O) groups excluding carboxylic acids is 2. The van der Waals surface area contributed by atoms with Crippen LogP contribution in [0, 0.1) is 29.8 Å². The van der Waals surface area contributed by atoms with Gasteiger partial charge in [0.05, 0.1) is 4.92 Å². The van der Waals surface area contributed by atoms with Gasteiger partial charge in [0.25, 0.3) is 17.5 Å². The fourth-order valence-electron chi connectivity index (χ4n) is 2.37. The Balaban J connectivity index is 1.91. The van der Waals surface area contributed by atoms with Crippen molar-refractivity contribution in [2.75, 3.05) is 13.1 Å². The number of para-hydroxylation sites is 1. The van der Waals surface area contributed by atoms with E-state index in [1.165, 1.54) is 18.2 Å². The molecule has 0 radical (unpaired) electrons. The highest BCUT2D eigenvalue weighted by atomic mass is 19.1. The summed E-state index contributed by atoms with van der Waals surface area (Å²) >= 11 is 0. The largest absolute Gasteiger partial charge is 0.350 e. The van der Waals surface area contributed by atoms with E-state index in [1.54, 1.807) is 26.0 Å². The van der Waals surface area contributed by atoms with Crippen molar-refractivity contribution in [3.8, 4) is 0 Å². The SMILES string of the molecule is Cc1ccc(C(=O)NCCNC(=O)c2cccc(C)c2[N+](=O)[O-])cc1F. The second kappa shape index (κ2) is 8.19. The topological polar surface area (TPSA) is 101 Å². The minimum Gasteiger partial charge on any atom is -0.350 e. The first-order chi connectivity index (χ1) is 12.3. The number of amides is 2. The van der Waals surface area contributed by atoms with Crippen LogP contribution in [0.2, 0.25) is 0 Å². The Morgan fingerprint density at radius 2 is 1.69 bits per heavy atom. The maximum Gasteiger partial charge on any atom is 0.285 e. The van der Waals surface area contributed by atoms with Gasteiger partial charge in [-0.05, 0) is 37.6 Å². The van der Waals surface area contributed by atoms with Crippen LogP contribution in [0.1, 0.15) is 31.8 Å². The molecule has 0 aliphatic rings. The van der Waals surface area contributed by atoms with Crippen LogP contribution in [0.5, 0.6) is 0 Å². The minimum atomic E-state index is -0.601. The molecule has 2 N–H and O–H groups in total. The van der Waals surface area contributed by atoms with Crippen molar-refractivity contribution in [3.63, 3.8) is 0 Å². The van der Waals surface area contributed by atoms with Crippen LogP contribution in [0.25, 0.3) is 0 Å². The summed E-state index contributed by atoms with van der Waals surface area (Å²) in [6, 6.07) is 8.62. The van der Waals surface area contributed by atoms with E-state index in [1.807, 2.05) is 0 Å². The van der Waals surface area contributed by atoms with Gasteiger partial charge in [0.15, 0.2) is 0 Å². The molecule has 0 aromatic heterocycles. The Morgan fingerprint density at radius 3 is 2.31 bits per heavy atom. The maximum absolute atomic E-state index is 13.5. The lowest BCUT2D eigenvalue weighted by atomic mass is 10.1. The molecule has 0 spiro atoms. The van der Waals surface area contributed by atoms with Crippen LogP contribution in [0.3, 0.4) is 0 Å². The number of rotatable bonds is 6. The lowest BCUT2D eigenvalue weighted by Crippen LogP contribution is -2.35. The molecule has 2 aromatic rings. The Kier molecular flexibility index (Phi) is 6.00. The summed E-state index contributed by atoms with van der Waals surface area (Å²) in [6.07, 6.45) is 0. The minimum absolute atomic E-state index is 0.0399. The molecule has 0 saturated carbocycles. The molecule has 2 amide bonds. The van der Waals surface area contributed by atoms with E-state index in [9.17, 15) is 24.1 Å². The zero-order valence-electron chi connectivity index (χ0n) is 14.3. The quantitative estimate of drug-likeness (QED) is 0.470. The smallest absolute Gasteiger partial charge is 0.285 e. The number of hydrogen-bond acceptors (Lipinski definition) is 4. The fraction of sp³-hybridized carbons (Fsp3) is 0.222. The number of nitro groups is 1. The molecule has 2 aromatic carbocycles. The Hall–Kier alpha value is -3.29. The molecule has 0 aliphatic carbocycles. The van der Waals surface area contributed by atoms with Gasteiger partial charge in [-0.15, -0.1) is 0 Å². The first-order valence-electron chi connectivity index (χ1n) is 7.88. The third-order valence-electron chi connectivity index (χ3n) is 3.80. The van der Waals surface area contributed by atoms with E-state index in [2.05, 4.69) is 10.6 Å². The zero-order valence-corrected chi connectivity index (χ0v) is 14.3. The molecule has 0 unspecified atom stereocenters. The van der Waals surface area contributed by atoms with Crippen molar-refractivity contribution in [1.29, 1.82) is 0 Å². The molecule has 0 saturated heterocycles. The van der Waals surface area contributed by atoms with E-state index in [0.29, 0.717) is 11.1 Å². The van der Waals surface area contributed by atoms with Crippen LogP contribution in [-0.2, 0) is 0 Å². The van der Waals surface area contributed by atoms with E-state index >= 15 is 0 Å². The van der Waals surface area contributed by atoms with Crippen LogP contribution in [-0.4, -0.2) is 29.8 Å². The van der Waals surface area contributed by atoms with Crippen molar-refractivity contribution in [2.24, 2.45) is 0 Å². The van der Waals surface area contributed by atoms with E-state index in [-0.39, 0.29) is 29.9 Å². The van der Waals surface area contributed by atoms with Gasteiger partial charge in [-0.2, -0.15) is 0 Å². The molecule has 8 heteroatoms. The van der Waals surface area contributed by atoms with Crippen molar-refractivity contribution in [3.05, 3.63) is 74.6 Å². The standard InChI is InChI=1S/C18H18FN3O4/c1-11-6-7-13(10-15(11)19)17(23)20-8-9-21-18(24)14-5-3-4-12(2)16(14)22(25)26/h3-7,10H,8-9H2,1-2H3,(H,20,23)(H,21,24). The summed E-state index contributed by atoms with van der Waals surface area (Å²) in [7, 11) is 0. The van der Waals surface area contributed by atoms with Crippen molar-refractivity contribution < 1.29 is 18.9 Å². The van der Waals surface area contributed by atoms with Gasteiger partial charge in [0.2, 0.25) is 0 Å². The molecule has 7 nitrogen and oxygen atoms in total. The van der Waals surface area contributed by atoms with Gasteiger partial charge in [-0.1, -0.05) is 18.2 Å².